The van der Waals surface area contributed by atoms with Gasteiger partial charge in [0.1, 0.15) is 11.6 Å². The van der Waals surface area contributed by atoms with Crippen molar-refractivity contribution in [3.05, 3.63) is 59.3 Å². The van der Waals surface area contributed by atoms with Crippen LogP contribution in [0.3, 0.4) is 0 Å². The minimum atomic E-state index is 0.503. The molecule has 0 spiro atoms. The summed E-state index contributed by atoms with van der Waals surface area (Å²) >= 11 is 0. The summed E-state index contributed by atoms with van der Waals surface area (Å²) in [6.07, 6.45) is 0. The van der Waals surface area contributed by atoms with Crippen LogP contribution in [0.15, 0.2) is 42.5 Å². The standard InChI is InChI=1S/C22H26N4O3/c1-14-6-8-18(27-3)17(10-14)25-22-24-15(2)11-21(26-22)23-13-16-7-9-19(28-4)20(12-16)29-5/h6-12H,13H2,1-5H3,(H2,23,24,25,26). The number of nitrogens with zero attached hydrogens (tertiary/aromatic N) is 2. The third-order valence-corrected chi connectivity index (χ3v) is 4.38. The van der Waals surface area contributed by atoms with E-state index >= 15 is 0 Å². The van der Waals surface area contributed by atoms with Crippen molar-refractivity contribution in [3.8, 4) is 17.2 Å². The van der Waals surface area contributed by atoms with Gasteiger partial charge in [0.2, 0.25) is 5.95 Å². The van der Waals surface area contributed by atoms with Crippen LogP contribution in [0, 0.1) is 13.8 Å². The van der Waals surface area contributed by atoms with Crippen LogP contribution in [-0.2, 0) is 6.54 Å². The molecular formula is C22H26N4O3. The molecule has 2 N–H and O–H groups in total. The number of nitrogens with one attached hydrogen (secondary N) is 2. The Kier molecular flexibility index (Phi) is 6.39. The maximum Gasteiger partial charge on any atom is 0.229 e. The smallest absolute Gasteiger partial charge is 0.229 e. The Morgan fingerprint density at radius 1 is 0.793 bits per heavy atom. The number of hydrogen-bond acceptors (Lipinski definition) is 7. The van der Waals surface area contributed by atoms with Crippen LogP contribution in [0.4, 0.5) is 17.5 Å². The van der Waals surface area contributed by atoms with E-state index in [1.54, 1.807) is 21.3 Å². The summed E-state index contributed by atoms with van der Waals surface area (Å²) in [4.78, 5) is 9.07. The number of benzene rings is 2. The molecule has 3 aromatic rings. The minimum Gasteiger partial charge on any atom is -0.495 e. The minimum absolute atomic E-state index is 0.503. The molecule has 0 saturated heterocycles. The quantitative estimate of drug-likeness (QED) is 0.583. The molecule has 2 aromatic carbocycles. The van der Waals surface area contributed by atoms with Crippen LogP contribution < -0.4 is 24.8 Å². The summed E-state index contributed by atoms with van der Waals surface area (Å²) in [5.41, 5.74) is 3.84. The molecule has 1 aromatic heterocycles. The Labute approximate surface area is 171 Å². The zero-order valence-electron chi connectivity index (χ0n) is 17.4. The molecule has 0 radical (unpaired) electrons. The van der Waals surface area contributed by atoms with Crippen molar-refractivity contribution >= 4 is 17.5 Å². The largest absolute Gasteiger partial charge is 0.495 e. The van der Waals surface area contributed by atoms with E-state index in [-0.39, 0.29) is 0 Å². The van der Waals surface area contributed by atoms with Gasteiger partial charge in [-0.25, -0.2) is 4.98 Å². The van der Waals surface area contributed by atoms with E-state index in [0.717, 1.165) is 34.1 Å². The molecule has 3 rings (SSSR count). The van der Waals surface area contributed by atoms with Crippen molar-refractivity contribution in [1.29, 1.82) is 0 Å². The highest BCUT2D eigenvalue weighted by Crippen LogP contribution is 2.29. The van der Waals surface area contributed by atoms with Gasteiger partial charge in [-0.05, 0) is 49.2 Å². The molecule has 152 valence electrons. The van der Waals surface area contributed by atoms with Crippen molar-refractivity contribution in [2.45, 2.75) is 20.4 Å². The third-order valence-electron chi connectivity index (χ3n) is 4.38. The van der Waals surface area contributed by atoms with Gasteiger partial charge in [-0.2, -0.15) is 4.98 Å². The molecule has 7 heteroatoms. The van der Waals surface area contributed by atoms with Crippen molar-refractivity contribution < 1.29 is 14.2 Å². The summed E-state index contributed by atoms with van der Waals surface area (Å²) in [6.45, 7) is 4.55. The molecule has 0 aliphatic rings. The maximum absolute atomic E-state index is 5.42. The number of methoxy groups -OCH3 is 3. The van der Waals surface area contributed by atoms with Crippen molar-refractivity contribution in [1.82, 2.24) is 9.97 Å². The van der Waals surface area contributed by atoms with E-state index < -0.39 is 0 Å². The van der Waals surface area contributed by atoms with E-state index in [9.17, 15) is 0 Å². The number of ether oxygens (including phenoxy) is 3. The van der Waals surface area contributed by atoms with E-state index in [4.69, 9.17) is 14.2 Å². The molecule has 7 nitrogen and oxygen atoms in total. The molecular weight excluding hydrogens is 368 g/mol. The van der Waals surface area contributed by atoms with Crippen molar-refractivity contribution in [2.24, 2.45) is 0 Å². The van der Waals surface area contributed by atoms with Crippen LogP contribution in [0.25, 0.3) is 0 Å². The van der Waals surface area contributed by atoms with Crippen LogP contribution in [0.5, 0.6) is 17.2 Å². The summed E-state index contributed by atoms with van der Waals surface area (Å²) in [6, 6.07) is 13.6. The normalized spacial score (nSPS) is 10.4. The second-order valence-corrected chi connectivity index (χ2v) is 6.59. The Balaban J connectivity index is 1.77. The first-order valence-corrected chi connectivity index (χ1v) is 9.24. The molecule has 0 bridgehead atoms. The molecule has 0 aliphatic carbocycles. The molecule has 0 saturated carbocycles. The zero-order chi connectivity index (χ0) is 20.8. The van der Waals surface area contributed by atoms with Gasteiger partial charge in [0.25, 0.3) is 0 Å². The van der Waals surface area contributed by atoms with Crippen LogP contribution in [-0.4, -0.2) is 31.3 Å². The van der Waals surface area contributed by atoms with Crippen molar-refractivity contribution in [2.75, 3.05) is 32.0 Å². The Morgan fingerprint density at radius 3 is 2.24 bits per heavy atom. The highest BCUT2D eigenvalue weighted by molar-refractivity contribution is 5.64. The number of hydrogen-bond donors (Lipinski definition) is 2. The Hall–Kier alpha value is -3.48. The molecule has 1 heterocycles. The predicted molar refractivity (Wildman–Crippen MR) is 115 cm³/mol. The molecule has 29 heavy (non-hydrogen) atoms. The predicted octanol–water partition coefficient (Wildman–Crippen LogP) is 4.47. The van der Waals surface area contributed by atoms with Gasteiger partial charge in [0.05, 0.1) is 27.0 Å². The molecule has 0 unspecified atom stereocenters. The highest BCUT2D eigenvalue weighted by Gasteiger charge is 2.09. The summed E-state index contributed by atoms with van der Waals surface area (Å²) in [5.74, 6) is 3.36. The number of aromatic nitrogens is 2. The number of anilines is 3. The van der Waals surface area contributed by atoms with E-state index in [1.165, 1.54) is 0 Å². The second-order valence-electron chi connectivity index (χ2n) is 6.59. The van der Waals surface area contributed by atoms with E-state index in [2.05, 4.69) is 20.6 Å². The SMILES string of the molecule is COc1ccc(C)cc1Nc1nc(C)cc(NCc2ccc(OC)c(OC)c2)n1. The van der Waals surface area contributed by atoms with Crippen molar-refractivity contribution in [3.63, 3.8) is 0 Å². The van der Waals surface area contributed by atoms with Gasteiger partial charge in [-0.15, -0.1) is 0 Å². The first kappa shape index (κ1) is 20.3. The van der Waals surface area contributed by atoms with Crippen LogP contribution in [0.2, 0.25) is 0 Å². The third kappa shape index (κ3) is 5.07. The average molecular weight is 394 g/mol. The lowest BCUT2D eigenvalue weighted by Gasteiger charge is -2.13. The van der Waals surface area contributed by atoms with Crippen LogP contribution in [0.1, 0.15) is 16.8 Å². The number of aryl methyl sites for hydroxylation is 2. The molecule has 0 atom stereocenters. The monoisotopic (exact) mass is 394 g/mol. The van der Waals surface area contributed by atoms with Gasteiger partial charge in [-0.1, -0.05) is 12.1 Å². The van der Waals surface area contributed by atoms with Gasteiger partial charge in [-0.3, -0.25) is 0 Å². The fraction of sp³-hybridized carbons (Fsp3) is 0.273. The molecule has 0 fully saturated rings. The van der Waals surface area contributed by atoms with Gasteiger partial charge in [0.15, 0.2) is 11.5 Å². The summed E-state index contributed by atoms with van der Waals surface area (Å²) in [5, 5.41) is 6.59. The summed E-state index contributed by atoms with van der Waals surface area (Å²) in [7, 11) is 4.89. The van der Waals surface area contributed by atoms with E-state index in [0.29, 0.717) is 24.0 Å². The molecule has 0 amide bonds. The lowest BCUT2D eigenvalue weighted by atomic mass is 10.2. The van der Waals surface area contributed by atoms with Gasteiger partial charge < -0.3 is 24.8 Å². The van der Waals surface area contributed by atoms with E-state index in [1.807, 2.05) is 56.3 Å². The van der Waals surface area contributed by atoms with Gasteiger partial charge in [0, 0.05) is 18.3 Å². The lowest BCUT2D eigenvalue weighted by Crippen LogP contribution is -2.06. The fourth-order valence-corrected chi connectivity index (χ4v) is 2.94. The maximum atomic E-state index is 5.42. The number of rotatable bonds is 8. The van der Waals surface area contributed by atoms with Gasteiger partial charge >= 0.3 is 0 Å². The summed E-state index contributed by atoms with van der Waals surface area (Å²) < 4.78 is 16.1. The second kappa shape index (κ2) is 9.14. The average Bonchev–Trinajstić information content (AvgIpc) is 2.72. The first-order chi connectivity index (χ1) is 14.0. The Bertz CT molecular complexity index is 992. The highest BCUT2D eigenvalue weighted by atomic mass is 16.5. The fourth-order valence-electron chi connectivity index (χ4n) is 2.94. The molecule has 0 aliphatic heterocycles. The zero-order valence-corrected chi connectivity index (χ0v) is 17.4. The van der Waals surface area contributed by atoms with Crippen LogP contribution >= 0.6 is 0 Å². The Morgan fingerprint density at radius 2 is 1.52 bits per heavy atom. The topological polar surface area (TPSA) is 77.5 Å². The lowest BCUT2D eigenvalue weighted by molar-refractivity contribution is 0.354. The first-order valence-electron chi connectivity index (χ1n) is 9.24.